The minimum atomic E-state index is -0.593. The Morgan fingerprint density at radius 2 is 1.76 bits per heavy atom. The number of nitrogens with one attached hydrogen (secondary N) is 1. The van der Waals surface area contributed by atoms with Gasteiger partial charge in [-0.25, -0.2) is 9.18 Å². The fourth-order valence-corrected chi connectivity index (χ4v) is 4.64. The van der Waals surface area contributed by atoms with E-state index in [0.29, 0.717) is 31.7 Å². The van der Waals surface area contributed by atoms with Crippen LogP contribution in [0.5, 0.6) is 5.75 Å². The van der Waals surface area contributed by atoms with E-state index >= 15 is 0 Å². The van der Waals surface area contributed by atoms with Crippen molar-refractivity contribution >= 4 is 12.0 Å². The van der Waals surface area contributed by atoms with Gasteiger partial charge in [-0.1, -0.05) is 24.3 Å². The topological polar surface area (TPSA) is 72.8 Å². The second kappa shape index (κ2) is 10.7. The van der Waals surface area contributed by atoms with Crippen LogP contribution in [-0.2, 0) is 11.3 Å². The number of amides is 2. The predicted octanol–water partition coefficient (Wildman–Crippen LogP) is 5.40. The first-order valence-electron chi connectivity index (χ1n) is 12.4. The number of alkyl carbamates (subject to hydrolysis) is 1. The summed E-state index contributed by atoms with van der Waals surface area (Å²) in [6, 6.07) is 13.7. The van der Waals surface area contributed by atoms with Crippen molar-refractivity contribution in [2.75, 3.05) is 20.2 Å². The Labute approximate surface area is 217 Å². The normalized spacial score (nSPS) is 15.5. The van der Waals surface area contributed by atoms with Gasteiger partial charge in [0.15, 0.2) is 0 Å². The maximum atomic E-state index is 14.0. The minimum absolute atomic E-state index is 0.116. The zero-order valence-corrected chi connectivity index (χ0v) is 22.0. The number of carbonyl (C=O) groups excluding carboxylic acids is 2. The SMILES string of the molecule is COc1ccc(-c2c(C)cn(Cc3ccc(F)cc3)c2C(=O)N2CCC(NC(=O)OC(C)(C)C)C2)cc1. The lowest BCUT2D eigenvalue weighted by Gasteiger charge is -2.22. The molecule has 0 saturated carbocycles. The largest absolute Gasteiger partial charge is 0.497 e. The lowest BCUT2D eigenvalue weighted by molar-refractivity contribution is 0.0502. The third kappa shape index (κ3) is 6.31. The molecule has 8 heteroatoms. The zero-order chi connectivity index (χ0) is 26.7. The van der Waals surface area contributed by atoms with Gasteiger partial charge in [-0.3, -0.25) is 4.79 Å². The maximum absolute atomic E-state index is 14.0. The molecule has 1 fully saturated rings. The molecule has 1 unspecified atom stereocenters. The van der Waals surface area contributed by atoms with Crippen LogP contribution in [0.4, 0.5) is 9.18 Å². The molecule has 4 rings (SSSR count). The Bertz CT molecular complexity index is 1260. The van der Waals surface area contributed by atoms with Crippen LogP contribution in [0.15, 0.2) is 54.7 Å². The van der Waals surface area contributed by atoms with Gasteiger partial charge in [0.1, 0.15) is 22.9 Å². The molecule has 7 nitrogen and oxygen atoms in total. The maximum Gasteiger partial charge on any atom is 0.407 e. The van der Waals surface area contributed by atoms with Gasteiger partial charge in [0.2, 0.25) is 0 Å². The van der Waals surface area contributed by atoms with Gasteiger partial charge >= 0.3 is 6.09 Å². The van der Waals surface area contributed by atoms with Crippen molar-refractivity contribution in [3.63, 3.8) is 0 Å². The first kappa shape index (κ1) is 26.3. The summed E-state index contributed by atoms with van der Waals surface area (Å²) in [6.45, 7) is 8.75. The summed E-state index contributed by atoms with van der Waals surface area (Å²) in [5, 5.41) is 2.88. The van der Waals surface area contributed by atoms with Crippen LogP contribution in [-0.4, -0.2) is 53.3 Å². The zero-order valence-electron chi connectivity index (χ0n) is 22.0. The van der Waals surface area contributed by atoms with Gasteiger partial charge < -0.3 is 24.3 Å². The van der Waals surface area contributed by atoms with Crippen molar-refractivity contribution < 1.29 is 23.5 Å². The van der Waals surface area contributed by atoms with Crippen molar-refractivity contribution in [3.05, 3.63) is 77.4 Å². The van der Waals surface area contributed by atoms with Crippen LogP contribution in [0.2, 0.25) is 0 Å². The van der Waals surface area contributed by atoms with Gasteiger partial charge in [0, 0.05) is 31.4 Å². The monoisotopic (exact) mass is 507 g/mol. The van der Waals surface area contributed by atoms with Gasteiger partial charge in [-0.05, 0) is 75.1 Å². The van der Waals surface area contributed by atoms with Crippen LogP contribution in [0.3, 0.4) is 0 Å². The molecule has 3 aromatic rings. The van der Waals surface area contributed by atoms with Crippen molar-refractivity contribution in [1.29, 1.82) is 0 Å². The van der Waals surface area contributed by atoms with Crippen molar-refractivity contribution in [2.24, 2.45) is 0 Å². The number of aromatic nitrogens is 1. The van der Waals surface area contributed by atoms with Crippen LogP contribution >= 0.6 is 0 Å². The third-order valence-electron chi connectivity index (χ3n) is 6.31. The number of rotatable bonds is 6. The van der Waals surface area contributed by atoms with E-state index in [1.807, 2.05) is 62.7 Å². The fourth-order valence-electron chi connectivity index (χ4n) is 4.64. The summed E-state index contributed by atoms with van der Waals surface area (Å²) in [5.74, 6) is 0.313. The van der Waals surface area contributed by atoms with E-state index in [1.165, 1.54) is 12.1 Å². The van der Waals surface area contributed by atoms with Gasteiger partial charge in [0.25, 0.3) is 5.91 Å². The number of hydrogen-bond donors (Lipinski definition) is 1. The van der Waals surface area contributed by atoms with E-state index in [9.17, 15) is 14.0 Å². The highest BCUT2D eigenvalue weighted by Crippen LogP contribution is 2.33. The molecule has 0 aliphatic carbocycles. The van der Waals surface area contributed by atoms with Gasteiger partial charge in [0.05, 0.1) is 13.2 Å². The Kier molecular flexibility index (Phi) is 7.57. The average molecular weight is 508 g/mol. The third-order valence-corrected chi connectivity index (χ3v) is 6.31. The number of aryl methyl sites for hydroxylation is 1. The standard InChI is InChI=1S/C29H34FN3O4/c1-19-16-33(17-20-6-10-22(30)11-7-20)26(25(19)21-8-12-24(36-5)13-9-21)27(34)32-15-14-23(18-32)31-28(35)37-29(2,3)4/h6-13,16,23H,14-15,17-18H2,1-5H3,(H,31,35). The summed E-state index contributed by atoms with van der Waals surface area (Å²) < 4.78 is 26.1. The summed E-state index contributed by atoms with van der Waals surface area (Å²) in [4.78, 5) is 28.0. The molecule has 1 saturated heterocycles. The molecule has 2 heterocycles. The number of likely N-dealkylation sites (tertiary alicyclic amines) is 1. The molecule has 2 aromatic carbocycles. The van der Waals surface area contributed by atoms with Gasteiger partial charge in [-0.2, -0.15) is 0 Å². The number of nitrogens with zero attached hydrogens (tertiary/aromatic N) is 2. The predicted molar refractivity (Wildman–Crippen MR) is 140 cm³/mol. The van der Waals surface area contributed by atoms with Crippen LogP contribution < -0.4 is 10.1 Å². The summed E-state index contributed by atoms with van der Waals surface area (Å²) in [7, 11) is 1.61. The molecule has 2 amide bonds. The number of benzene rings is 2. The quantitative estimate of drug-likeness (QED) is 0.485. The Hall–Kier alpha value is -3.81. The molecule has 0 spiro atoms. The summed E-state index contributed by atoms with van der Waals surface area (Å²) >= 11 is 0. The highest BCUT2D eigenvalue weighted by molar-refractivity contribution is 6.01. The lowest BCUT2D eigenvalue weighted by atomic mass is 10.0. The first-order valence-corrected chi connectivity index (χ1v) is 12.4. The highest BCUT2D eigenvalue weighted by Gasteiger charge is 2.32. The lowest BCUT2D eigenvalue weighted by Crippen LogP contribution is -2.41. The molecule has 1 aromatic heterocycles. The molecule has 37 heavy (non-hydrogen) atoms. The Balaban J connectivity index is 1.63. The molecular formula is C29H34FN3O4. The van der Waals surface area contributed by atoms with E-state index in [-0.39, 0.29) is 17.8 Å². The van der Waals surface area contributed by atoms with Crippen molar-refractivity contribution in [2.45, 2.75) is 52.3 Å². The number of halogens is 1. The molecule has 0 radical (unpaired) electrons. The van der Waals surface area contributed by atoms with Crippen molar-refractivity contribution in [3.8, 4) is 16.9 Å². The smallest absolute Gasteiger partial charge is 0.407 e. The van der Waals surface area contributed by atoms with Crippen molar-refractivity contribution in [1.82, 2.24) is 14.8 Å². The van der Waals surface area contributed by atoms with E-state index in [1.54, 1.807) is 24.1 Å². The number of methoxy groups -OCH3 is 1. The number of ether oxygens (including phenoxy) is 2. The van der Waals surface area contributed by atoms with E-state index in [4.69, 9.17) is 9.47 Å². The second-order valence-electron chi connectivity index (χ2n) is 10.4. The van der Waals surface area contributed by atoms with Crippen LogP contribution in [0.25, 0.3) is 11.1 Å². The molecule has 196 valence electrons. The minimum Gasteiger partial charge on any atom is -0.497 e. The highest BCUT2D eigenvalue weighted by atomic mass is 19.1. The fraction of sp³-hybridized carbons (Fsp3) is 0.379. The summed E-state index contributed by atoms with van der Waals surface area (Å²) in [6.07, 6.45) is 2.12. The molecule has 1 N–H and O–H groups in total. The number of hydrogen-bond acceptors (Lipinski definition) is 4. The molecule has 1 aliphatic rings. The Morgan fingerprint density at radius 3 is 2.38 bits per heavy atom. The second-order valence-corrected chi connectivity index (χ2v) is 10.4. The first-order chi connectivity index (χ1) is 17.5. The number of carbonyl (C=O) groups is 2. The molecule has 1 atom stereocenters. The van der Waals surface area contributed by atoms with Crippen LogP contribution in [0.1, 0.15) is 48.8 Å². The average Bonchev–Trinajstić information content (AvgIpc) is 3.43. The van der Waals surface area contributed by atoms with Gasteiger partial charge in [-0.15, -0.1) is 0 Å². The Morgan fingerprint density at radius 1 is 1.08 bits per heavy atom. The van der Waals surface area contributed by atoms with E-state index < -0.39 is 11.7 Å². The van der Waals surface area contributed by atoms with E-state index in [0.717, 1.165) is 28.0 Å². The van der Waals surface area contributed by atoms with E-state index in [2.05, 4.69) is 5.32 Å². The molecule has 1 aliphatic heterocycles. The van der Waals surface area contributed by atoms with Crippen LogP contribution in [0, 0.1) is 12.7 Å². The molecule has 0 bridgehead atoms. The summed E-state index contributed by atoms with van der Waals surface area (Å²) in [5.41, 5.74) is 3.56. The molecular weight excluding hydrogens is 473 g/mol.